The van der Waals surface area contributed by atoms with Crippen molar-refractivity contribution >= 4 is 29.8 Å². The maximum absolute atomic E-state index is 12.1. The van der Waals surface area contributed by atoms with Crippen LogP contribution in [0.5, 0.6) is 0 Å². The van der Waals surface area contributed by atoms with E-state index in [9.17, 15) is 14.9 Å². The lowest BCUT2D eigenvalue weighted by Gasteiger charge is -2.24. The fourth-order valence-corrected chi connectivity index (χ4v) is 2.06. The molecule has 0 saturated carbocycles. The Balaban J connectivity index is 2.08. The van der Waals surface area contributed by atoms with Crippen LogP contribution in [0.2, 0.25) is 0 Å². The van der Waals surface area contributed by atoms with Crippen molar-refractivity contribution in [2.24, 2.45) is 0 Å². The summed E-state index contributed by atoms with van der Waals surface area (Å²) >= 11 is 0. The van der Waals surface area contributed by atoms with Crippen LogP contribution in [0.15, 0.2) is 42.5 Å². The Hall–Kier alpha value is -3.22. The summed E-state index contributed by atoms with van der Waals surface area (Å²) in [5.74, 6) is -0.193. The van der Waals surface area contributed by atoms with Crippen LogP contribution in [0.4, 0.5) is 16.3 Å². The molecule has 0 aliphatic rings. The molecule has 2 aromatic rings. The molecule has 1 heterocycles. The third kappa shape index (κ3) is 5.41. The predicted molar refractivity (Wildman–Crippen MR) is 101 cm³/mol. The van der Waals surface area contributed by atoms with Crippen LogP contribution in [0.25, 0.3) is 12.2 Å². The van der Waals surface area contributed by atoms with E-state index < -0.39 is 16.6 Å². The van der Waals surface area contributed by atoms with Gasteiger partial charge in [-0.3, -0.25) is 4.90 Å². The van der Waals surface area contributed by atoms with Crippen molar-refractivity contribution in [3.05, 3.63) is 63.8 Å². The zero-order chi connectivity index (χ0) is 19.3. The van der Waals surface area contributed by atoms with Gasteiger partial charge in [-0.25, -0.2) is 4.79 Å². The van der Waals surface area contributed by atoms with Crippen molar-refractivity contribution in [3.8, 4) is 0 Å². The number of nitrogens with zero attached hydrogens (tertiary/aromatic N) is 3. The van der Waals surface area contributed by atoms with Crippen LogP contribution in [0.3, 0.4) is 0 Å². The minimum atomic E-state index is -0.556. The highest BCUT2D eigenvalue weighted by Crippen LogP contribution is 2.19. The Labute approximate surface area is 152 Å². The molecule has 0 aliphatic heterocycles. The monoisotopic (exact) mass is 355 g/mol. The summed E-state index contributed by atoms with van der Waals surface area (Å²) in [6.07, 6.45) is 3.06. The van der Waals surface area contributed by atoms with Crippen LogP contribution < -0.4 is 4.90 Å². The SMILES string of the molecule is CN(C(=O)OC(C)(C)C)c1ccc(C=Cc2cccc([N+](=O)[O-])n2)cc1. The molecule has 1 aromatic carbocycles. The summed E-state index contributed by atoms with van der Waals surface area (Å²) in [5, 5.41) is 10.7. The molecule has 0 aliphatic carbocycles. The average Bonchev–Trinajstić information content (AvgIpc) is 2.58. The Morgan fingerprint density at radius 3 is 2.38 bits per heavy atom. The molecule has 0 spiro atoms. The molecule has 0 atom stereocenters. The number of ether oxygens (including phenoxy) is 1. The van der Waals surface area contributed by atoms with Crippen molar-refractivity contribution in [2.75, 3.05) is 11.9 Å². The Morgan fingerprint density at radius 2 is 1.81 bits per heavy atom. The normalized spacial score (nSPS) is 11.4. The first-order valence-electron chi connectivity index (χ1n) is 8.02. The van der Waals surface area contributed by atoms with Crippen molar-refractivity contribution in [2.45, 2.75) is 26.4 Å². The van der Waals surface area contributed by atoms with Gasteiger partial charge in [0.2, 0.25) is 0 Å². The summed E-state index contributed by atoms with van der Waals surface area (Å²) in [6.45, 7) is 5.44. The molecule has 0 N–H and O–H groups in total. The molecule has 1 amide bonds. The van der Waals surface area contributed by atoms with E-state index in [0.29, 0.717) is 11.4 Å². The second-order valence-corrected chi connectivity index (χ2v) is 6.64. The first-order chi connectivity index (χ1) is 12.2. The number of hydrogen-bond acceptors (Lipinski definition) is 5. The predicted octanol–water partition coefficient (Wildman–Crippen LogP) is 4.53. The molecule has 136 valence electrons. The minimum Gasteiger partial charge on any atom is -0.443 e. The molecule has 7 nitrogen and oxygen atoms in total. The van der Waals surface area contributed by atoms with E-state index in [-0.39, 0.29) is 5.82 Å². The minimum absolute atomic E-state index is 0.193. The van der Waals surface area contributed by atoms with E-state index in [4.69, 9.17) is 4.74 Å². The Bertz CT molecular complexity index is 823. The zero-order valence-electron chi connectivity index (χ0n) is 15.2. The summed E-state index contributed by atoms with van der Waals surface area (Å²) in [7, 11) is 1.64. The smallest absolute Gasteiger partial charge is 0.414 e. The second kappa shape index (κ2) is 7.77. The molecule has 1 aromatic heterocycles. The number of carbonyl (C=O) groups excluding carboxylic acids is 1. The fourth-order valence-electron chi connectivity index (χ4n) is 2.06. The van der Waals surface area contributed by atoms with Crippen molar-refractivity contribution in [3.63, 3.8) is 0 Å². The molecular formula is C19H21N3O4. The number of anilines is 1. The lowest BCUT2D eigenvalue weighted by atomic mass is 10.1. The third-order valence-corrected chi connectivity index (χ3v) is 3.34. The number of benzene rings is 1. The fraction of sp³-hybridized carbons (Fsp3) is 0.263. The topological polar surface area (TPSA) is 85.6 Å². The van der Waals surface area contributed by atoms with Gasteiger partial charge in [-0.15, -0.1) is 0 Å². The van der Waals surface area contributed by atoms with Crippen LogP contribution in [-0.4, -0.2) is 28.6 Å². The summed E-state index contributed by atoms with van der Waals surface area (Å²) < 4.78 is 5.33. The summed E-state index contributed by atoms with van der Waals surface area (Å²) in [6, 6.07) is 11.9. The zero-order valence-corrected chi connectivity index (χ0v) is 15.2. The van der Waals surface area contributed by atoms with Crippen LogP contribution in [0.1, 0.15) is 32.0 Å². The van der Waals surface area contributed by atoms with E-state index in [1.807, 2.05) is 32.9 Å². The highest BCUT2D eigenvalue weighted by Gasteiger charge is 2.20. The molecule has 0 saturated heterocycles. The third-order valence-electron chi connectivity index (χ3n) is 3.34. The lowest BCUT2D eigenvalue weighted by molar-refractivity contribution is -0.389. The largest absolute Gasteiger partial charge is 0.443 e. The van der Waals surface area contributed by atoms with Gasteiger partial charge in [0.15, 0.2) is 5.69 Å². The first kappa shape index (κ1) is 19.1. The first-order valence-corrected chi connectivity index (χ1v) is 8.02. The molecule has 0 fully saturated rings. The number of rotatable bonds is 4. The number of hydrogen-bond donors (Lipinski definition) is 0. The van der Waals surface area contributed by atoms with Gasteiger partial charge in [-0.2, -0.15) is 0 Å². The number of amides is 1. The molecule has 26 heavy (non-hydrogen) atoms. The van der Waals surface area contributed by atoms with Crippen molar-refractivity contribution < 1.29 is 14.5 Å². The van der Waals surface area contributed by atoms with Gasteiger partial charge in [0, 0.05) is 18.8 Å². The molecule has 2 rings (SSSR count). The van der Waals surface area contributed by atoms with Gasteiger partial charge in [-0.1, -0.05) is 18.2 Å². The molecule has 7 heteroatoms. The van der Waals surface area contributed by atoms with Crippen LogP contribution in [0, 0.1) is 10.1 Å². The number of nitro groups is 1. The van der Waals surface area contributed by atoms with Gasteiger partial charge < -0.3 is 14.9 Å². The highest BCUT2D eigenvalue weighted by molar-refractivity contribution is 5.87. The van der Waals surface area contributed by atoms with Gasteiger partial charge in [-0.05, 0) is 66.6 Å². The van der Waals surface area contributed by atoms with E-state index in [1.165, 1.54) is 11.0 Å². The molecular weight excluding hydrogens is 334 g/mol. The van der Waals surface area contributed by atoms with E-state index >= 15 is 0 Å². The van der Waals surface area contributed by atoms with Gasteiger partial charge in [0.25, 0.3) is 0 Å². The van der Waals surface area contributed by atoms with Gasteiger partial charge in [0.1, 0.15) is 5.60 Å². The quantitative estimate of drug-likeness (QED) is 0.594. The summed E-state index contributed by atoms with van der Waals surface area (Å²) in [4.78, 5) is 27.7. The maximum atomic E-state index is 12.1. The lowest BCUT2D eigenvalue weighted by Crippen LogP contribution is -2.34. The van der Waals surface area contributed by atoms with E-state index in [0.717, 1.165) is 5.56 Å². The average molecular weight is 355 g/mol. The summed E-state index contributed by atoms with van der Waals surface area (Å²) in [5.41, 5.74) is 1.51. The van der Waals surface area contributed by atoms with E-state index in [1.54, 1.807) is 43.5 Å². The number of carbonyl (C=O) groups is 1. The van der Waals surface area contributed by atoms with Crippen LogP contribution >= 0.6 is 0 Å². The van der Waals surface area contributed by atoms with Crippen molar-refractivity contribution in [1.82, 2.24) is 4.98 Å². The maximum Gasteiger partial charge on any atom is 0.414 e. The second-order valence-electron chi connectivity index (χ2n) is 6.64. The molecule has 0 bridgehead atoms. The van der Waals surface area contributed by atoms with Gasteiger partial charge >= 0.3 is 11.9 Å². The standard InChI is InChI=1S/C19H21N3O4/c1-19(2,3)26-18(23)21(4)16-12-9-14(10-13-16)8-11-15-6-5-7-17(20-15)22(24)25/h5-13H,1-4H3. The number of aromatic nitrogens is 1. The van der Waals surface area contributed by atoms with Crippen LogP contribution in [-0.2, 0) is 4.74 Å². The highest BCUT2D eigenvalue weighted by atomic mass is 16.6. The van der Waals surface area contributed by atoms with E-state index in [2.05, 4.69) is 4.98 Å². The van der Waals surface area contributed by atoms with Crippen molar-refractivity contribution in [1.29, 1.82) is 0 Å². The number of pyridine rings is 1. The Kier molecular flexibility index (Phi) is 5.71. The Morgan fingerprint density at radius 1 is 1.15 bits per heavy atom. The molecule has 0 radical (unpaired) electrons. The van der Waals surface area contributed by atoms with Gasteiger partial charge in [0.05, 0.1) is 0 Å². The molecule has 0 unspecified atom stereocenters.